The molecule has 5 N–H and O–H groups in total. The summed E-state index contributed by atoms with van der Waals surface area (Å²) in [6, 6.07) is 22.4. The number of benzene rings is 3. The highest BCUT2D eigenvalue weighted by Crippen LogP contribution is 2.24. The predicted octanol–water partition coefficient (Wildman–Crippen LogP) is 3.98. The summed E-state index contributed by atoms with van der Waals surface area (Å²) < 4.78 is 0. The summed E-state index contributed by atoms with van der Waals surface area (Å²) in [6.45, 7) is 0.301. The van der Waals surface area contributed by atoms with Crippen LogP contribution in [0.1, 0.15) is 60.9 Å². The van der Waals surface area contributed by atoms with E-state index in [0.29, 0.717) is 5.56 Å². The molecule has 3 amide bonds. The van der Waals surface area contributed by atoms with Gasteiger partial charge >= 0.3 is 0 Å². The molecule has 0 spiro atoms. The number of aliphatic hydroxyl groups is 1. The van der Waals surface area contributed by atoms with Crippen molar-refractivity contribution in [3.05, 3.63) is 83.9 Å². The van der Waals surface area contributed by atoms with Gasteiger partial charge in [0, 0.05) is 44.1 Å². The Kier molecular flexibility index (Phi) is 13.3. The lowest BCUT2D eigenvalue weighted by atomic mass is 10.0. The number of aliphatic hydroxyl groups excluding tert-OH is 1. The molecule has 42 heavy (non-hydrogen) atoms. The summed E-state index contributed by atoms with van der Waals surface area (Å²) in [5, 5.41) is 17.6. The molecule has 0 saturated heterocycles. The minimum Gasteiger partial charge on any atom is -0.390 e. The first-order valence-corrected chi connectivity index (χ1v) is 14.7. The summed E-state index contributed by atoms with van der Waals surface area (Å²) in [7, 11) is 0. The van der Waals surface area contributed by atoms with E-state index in [1.807, 2.05) is 77.7 Å². The van der Waals surface area contributed by atoms with Gasteiger partial charge in [0.15, 0.2) is 0 Å². The number of rotatable bonds is 12. The van der Waals surface area contributed by atoms with Crippen molar-refractivity contribution in [3.8, 4) is 0 Å². The van der Waals surface area contributed by atoms with Gasteiger partial charge in [-0.25, -0.2) is 0 Å². The van der Waals surface area contributed by atoms with Gasteiger partial charge in [0.2, 0.25) is 11.8 Å². The van der Waals surface area contributed by atoms with Crippen LogP contribution in [0.25, 0.3) is 10.8 Å². The smallest absolute Gasteiger partial charge is 0.254 e. The first kappa shape index (κ1) is 33.0. The van der Waals surface area contributed by atoms with Gasteiger partial charge in [-0.15, -0.1) is 12.4 Å². The molecule has 3 aromatic rings. The number of amides is 3. The molecule has 1 fully saturated rings. The molecule has 226 valence electrons. The van der Waals surface area contributed by atoms with E-state index < -0.39 is 12.1 Å². The number of nitrogens with one attached hydrogen (secondary N) is 2. The van der Waals surface area contributed by atoms with E-state index in [9.17, 15) is 19.5 Å². The second-order valence-electron chi connectivity index (χ2n) is 10.9. The molecular weight excluding hydrogens is 552 g/mol. The van der Waals surface area contributed by atoms with Crippen LogP contribution < -0.4 is 16.4 Å². The van der Waals surface area contributed by atoms with Crippen LogP contribution in [0.5, 0.6) is 0 Å². The van der Waals surface area contributed by atoms with E-state index in [1.165, 1.54) is 0 Å². The number of nitrogens with two attached hydrogens (primary N) is 1. The van der Waals surface area contributed by atoms with Gasteiger partial charge in [-0.3, -0.25) is 14.4 Å². The van der Waals surface area contributed by atoms with Crippen LogP contribution in [0.2, 0.25) is 0 Å². The number of fused-ring (bicyclic) bond motifs is 1. The average molecular weight is 595 g/mol. The Balaban J connectivity index is 0.00000484. The maximum absolute atomic E-state index is 13.5. The fourth-order valence-electron chi connectivity index (χ4n) is 5.49. The number of carbonyl (C=O) groups excluding carboxylic acids is 3. The van der Waals surface area contributed by atoms with Gasteiger partial charge in [0.05, 0.1) is 6.10 Å². The van der Waals surface area contributed by atoms with Gasteiger partial charge in [0.1, 0.15) is 6.04 Å². The van der Waals surface area contributed by atoms with Gasteiger partial charge in [-0.1, -0.05) is 86.3 Å². The molecule has 9 heteroatoms. The second kappa shape index (κ2) is 16.9. The molecule has 1 saturated carbocycles. The number of hydrogen-bond donors (Lipinski definition) is 4. The van der Waals surface area contributed by atoms with E-state index in [2.05, 4.69) is 10.6 Å². The third-order valence-corrected chi connectivity index (χ3v) is 7.82. The maximum atomic E-state index is 13.5. The van der Waals surface area contributed by atoms with E-state index >= 15 is 0 Å². The van der Waals surface area contributed by atoms with Crippen molar-refractivity contribution in [2.75, 3.05) is 19.6 Å². The third kappa shape index (κ3) is 9.54. The summed E-state index contributed by atoms with van der Waals surface area (Å²) in [4.78, 5) is 41.8. The molecule has 0 aliphatic heterocycles. The molecule has 3 aromatic carbocycles. The van der Waals surface area contributed by atoms with Crippen molar-refractivity contribution in [3.63, 3.8) is 0 Å². The van der Waals surface area contributed by atoms with Crippen molar-refractivity contribution in [2.45, 2.75) is 69.6 Å². The largest absolute Gasteiger partial charge is 0.390 e. The SMILES string of the molecule is Cl.NCC(O)CNC(=O)[C@@H](Cc1ccc2ccccc2c1)NC(=O)CCN(C(=O)c1ccccc1)C1CCCCCC1. The van der Waals surface area contributed by atoms with Crippen LogP contribution in [0.3, 0.4) is 0 Å². The first-order chi connectivity index (χ1) is 19.9. The lowest BCUT2D eigenvalue weighted by Gasteiger charge is -2.31. The standard InChI is InChI=1S/C33H42N4O4.ClH/c34-22-29(38)23-35-32(40)30(21-24-16-17-25-10-8-9-13-27(25)20-24)36-31(39)18-19-37(28-14-6-1-2-7-15-28)33(41)26-11-4-3-5-12-26;/h3-5,8-13,16-17,20,28-30,38H,1-2,6-7,14-15,18-19,21-23,34H2,(H,35,40)(H,36,39);1H/t29?,30-;/m1./s1. The van der Waals surface area contributed by atoms with Crippen molar-refractivity contribution < 1.29 is 19.5 Å². The molecule has 1 aliphatic rings. The molecule has 0 bridgehead atoms. The lowest BCUT2D eigenvalue weighted by molar-refractivity contribution is -0.129. The molecule has 0 heterocycles. The van der Waals surface area contributed by atoms with E-state index in [-0.39, 0.29) is 68.6 Å². The van der Waals surface area contributed by atoms with Crippen molar-refractivity contribution in [2.24, 2.45) is 5.73 Å². The van der Waals surface area contributed by atoms with Crippen LogP contribution in [0, 0.1) is 0 Å². The van der Waals surface area contributed by atoms with Crippen LogP contribution >= 0.6 is 12.4 Å². The molecule has 1 aliphatic carbocycles. The Morgan fingerprint density at radius 1 is 0.905 bits per heavy atom. The molecule has 4 rings (SSSR count). The Morgan fingerprint density at radius 3 is 2.26 bits per heavy atom. The molecular formula is C33H43ClN4O4. The lowest BCUT2D eigenvalue weighted by Crippen LogP contribution is -2.50. The summed E-state index contributed by atoms with van der Waals surface area (Å²) in [6.07, 6.45) is 5.82. The highest BCUT2D eigenvalue weighted by molar-refractivity contribution is 5.95. The zero-order valence-electron chi connectivity index (χ0n) is 24.0. The van der Waals surface area contributed by atoms with E-state index in [4.69, 9.17) is 5.73 Å². The quantitative estimate of drug-likeness (QED) is 0.236. The number of carbonyl (C=O) groups is 3. The molecule has 8 nitrogen and oxygen atoms in total. The van der Waals surface area contributed by atoms with Crippen molar-refractivity contribution in [1.29, 1.82) is 0 Å². The fourth-order valence-corrected chi connectivity index (χ4v) is 5.49. The topological polar surface area (TPSA) is 125 Å². The Morgan fingerprint density at radius 2 is 1.57 bits per heavy atom. The minimum absolute atomic E-state index is 0. The number of nitrogens with zero attached hydrogens (tertiary/aromatic N) is 1. The highest BCUT2D eigenvalue weighted by Gasteiger charge is 2.27. The van der Waals surface area contributed by atoms with E-state index in [0.717, 1.165) is 54.9 Å². The van der Waals surface area contributed by atoms with Crippen LogP contribution in [0.4, 0.5) is 0 Å². The zero-order valence-corrected chi connectivity index (χ0v) is 24.9. The zero-order chi connectivity index (χ0) is 29.0. The number of hydrogen-bond acceptors (Lipinski definition) is 5. The Hall–Kier alpha value is -3.46. The Labute approximate surface area is 254 Å². The third-order valence-electron chi connectivity index (χ3n) is 7.82. The fraction of sp³-hybridized carbons (Fsp3) is 0.424. The second-order valence-corrected chi connectivity index (χ2v) is 10.9. The maximum Gasteiger partial charge on any atom is 0.254 e. The van der Waals surface area contributed by atoms with E-state index in [1.54, 1.807) is 0 Å². The molecule has 2 atom stereocenters. The van der Waals surface area contributed by atoms with Gasteiger partial charge in [-0.05, 0) is 41.3 Å². The van der Waals surface area contributed by atoms with Crippen LogP contribution in [0.15, 0.2) is 72.8 Å². The summed E-state index contributed by atoms with van der Waals surface area (Å²) >= 11 is 0. The average Bonchev–Trinajstić information content (AvgIpc) is 3.29. The van der Waals surface area contributed by atoms with Crippen LogP contribution in [-0.4, -0.2) is 65.5 Å². The van der Waals surface area contributed by atoms with Gasteiger partial charge in [-0.2, -0.15) is 0 Å². The first-order valence-electron chi connectivity index (χ1n) is 14.7. The van der Waals surface area contributed by atoms with Crippen LogP contribution in [-0.2, 0) is 16.0 Å². The number of halogens is 1. The van der Waals surface area contributed by atoms with Gasteiger partial charge in [0.25, 0.3) is 5.91 Å². The minimum atomic E-state index is -0.867. The monoisotopic (exact) mass is 594 g/mol. The van der Waals surface area contributed by atoms with Gasteiger partial charge < -0.3 is 26.4 Å². The highest BCUT2D eigenvalue weighted by atomic mass is 35.5. The summed E-state index contributed by atoms with van der Waals surface area (Å²) in [5.41, 5.74) is 7.01. The van der Waals surface area contributed by atoms with Crippen molar-refractivity contribution >= 4 is 40.9 Å². The predicted molar refractivity (Wildman–Crippen MR) is 168 cm³/mol. The Bertz CT molecular complexity index is 1300. The molecule has 0 aromatic heterocycles. The summed E-state index contributed by atoms with van der Waals surface area (Å²) in [5.74, 6) is -0.753. The normalized spacial score (nSPS) is 15.1. The molecule has 1 unspecified atom stereocenters. The molecule has 0 radical (unpaired) electrons. The van der Waals surface area contributed by atoms with Crippen molar-refractivity contribution in [1.82, 2.24) is 15.5 Å².